The second kappa shape index (κ2) is 9.41. The van der Waals surface area contributed by atoms with Crippen LogP contribution < -0.4 is 10.6 Å². The highest BCUT2D eigenvalue weighted by atomic mass is 32.2. The highest BCUT2D eigenvalue weighted by Gasteiger charge is 2.11. The molecule has 150 valence electrons. The summed E-state index contributed by atoms with van der Waals surface area (Å²) in [7, 11) is 0. The molecule has 0 atom stereocenters. The third kappa shape index (κ3) is 4.96. The first-order valence-electron chi connectivity index (χ1n) is 9.81. The molecule has 0 aliphatic heterocycles. The quantitative estimate of drug-likeness (QED) is 0.301. The van der Waals surface area contributed by atoms with Crippen molar-refractivity contribution in [2.24, 2.45) is 0 Å². The summed E-state index contributed by atoms with van der Waals surface area (Å²) in [6, 6.07) is 25.6. The van der Waals surface area contributed by atoms with Gasteiger partial charge in [0.2, 0.25) is 5.91 Å². The fourth-order valence-corrected chi connectivity index (χ4v) is 3.68. The van der Waals surface area contributed by atoms with Gasteiger partial charge in [0.25, 0.3) is 0 Å². The van der Waals surface area contributed by atoms with Gasteiger partial charge in [-0.05, 0) is 48.4 Å². The van der Waals surface area contributed by atoms with Crippen LogP contribution in [-0.4, -0.2) is 21.6 Å². The Hall–Kier alpha value is -3.38. The summed E-state index contributed by atoms with van der Waals surface area (Å²) in [5.74, 6) is 0.877. The van der Waals surface area contributed by atoms with Gasteiger partial charge in [0.05, 0.1) is 11.3 Å². The van der Waals surface area contributed by atoms with E-state index in [0.29, 0.717) is 5.16 Å². The maximum Gasteiger partial charge on any atom is 0.234 e. The third-order valence-corrected chi connectivity index (χ3v) is 5.44. The second-order valence-electron chi connectivity index (χ2n) is 6.75. The van der Waals surface area contributed by atoms with Crippen LogP contribution in [0.15, 0.2) is 84.0 Å². The van der Waals surface area contributed by atoms with E-state index in [9.17, 15) is 4.79 Å². The molecule has 2 N–H and O–H groups in total. The molecule has 0 aliphatic rings. The van der Waals surface area contributed by atoms with Crippen LogP contribution in [0.25, 0.3) is 10.9 Å². The van der Waals surface area contributed by atoms with E-state index in [1.54, 1.807) is 0 Å². The summed E-state index contributed by atoms with van der Waals surface area (Å²) in [5, 5.41) is 7.78. The molecule has 0 saturated heterocycles. The fraction of sp³-hybridized carbons (Fsp3) is 0.125. The Balaban J connectivity index is 1.48. The van der Waals surface area contributed by atoms with Gasteiger partial charge in [-0.3, -0.25) is 4.79 Å². The Labute approximate surface area is 180 Å². The molecule has 3 aromatic carbocycles. The zero-order chi connectivity index (χ0) is 20.8. The molecule has 0 radical (unpaired) electrons. The monoisotopic (exact) mass is 414 g/mol. The number of nitrogens with zero attached hydrogens (tertiary/aromatic N) is 2. The number of nitrogens with one attached hydrogen (secondary N) is 2. The Kier molecular flexibility index (Phi) is 6.25. The minimum Gasteiger partial charge on any atom is -0.340 e. The average Bonchev–Trinajstić information content (AvgIpc) is 2.79. The Morgan fingerprint density at radius 1 is 0.867 bits per heavy atom. The van der Waals surface area contributed by atoms with E-state index in [1.165, 1.54) is 17.3 Å². The lowest BCUT2D eigenvalue weighted by atomic mass is 10.1. The van der Waals surface area contributed by atoms with Crippen molar-refractivity contribution in [3.05, 3.63) is 84.4 Å². The number of benzene rings is 3. The number of hydrogen-bond donors (Lipinski definition) is 2. The molecular formula is C24H22N4OS. The smallest absolute Gasteiger partial charge is 0.234 e. The number of carbonyl (C=O) groups is 1. The maximum absolute atomic E-state index is 12.4. The van der Waals surface area contributed by atoms with Crippen molar-refractivity contribution in [2.75, 3.05) is 16.4 Å². The summed E-state index contributed by atoms with van der Waals surface area (Å²) in [5.41, 5.74) is 3.82. The minimum atomic E-state index is -0.0847. The molecule has 5 nitrogen and oxygen atoms in total. The van der Waals surface area contributed by atoms with Crippen LogP contribution in [0.4, 0.5) is 17.2 Å². The van der Waals surface area contributed by atoms with Crippen molar-refractivity contribution in [1.29, 1.82) is 0 Å². The lowest BCUT2D eigenvalue weighted by Crippen LogP contribution is -2.14. The third-order valence-electron chi connectivity index (χ3n) is 4.60. The van der Waals surface area contributed by atoms with Crippen molar-refractivity contribution in [3.63, 3.8) is 0 Å². The van der Waals surface area contributed by atoms with Crippen LogP contribution in [0.5, 0.6) is 0 Å². The van der Waals surface area contributed by atoms with Crippen molar-refractivity contribution < 1.29 is 4.79 Å². The number of carbonyl (C=O) groups excluding carboxylic acids is 1. The highest BCUT2D eigenvalue weighted by molar-refractivity contribution is 7.99. The first-order chi connectivity index (χ1) is 14.7. The standard InChI is InChI=1S/C24H22N4OS/c1-2-17-12-14-19(15-13-17)25-22(29)16-30-24-27-21-11-7-6-10-20(21)23(28-24)26-18-8-4-3-5-9-18/h3-15H,2,16H2,1H3,(H,25,29)(H,26,27,28). The second-order valence-corrected chi connectivity index (χ2v) is 7.69. The van der Waals surface area contributed by atoms with E-state index in [0.717, 1.165) is 34.5 Å². The van der Waals surface area contributed by atoms with E-state index < -0.39 is 0 Å². The number of aromatic nitrogens is 2. The highest BCUT2D eigenvalue weighted by Crippen LogP contribution is 2.27. The van der Waals surface area contributed by atoms with Crippen LogP contribution in [0.3, 0.4) is 0 Å². The predicted molar refractivity (Wildman–Crippen MR) is 124 cm³/mol. The molecule has 0 saturated carbocycles. The number of amides is 1. The number of anilines is 3. The number of thioether (sulfide) groups is 1. The van der Waals surface area contributed by atoms with E-state index in [-0.39, 0.29) is 11.7 Å². The number of hydrogen-bond acceptors (Lipinski definition) is 5. The summed E-state index contributed by atoms with van der Waals surface area (Å²) >= 11 is 1.32. The first-order valence-corrected chi connectivity index (χ1v) is 10.8. The molecular weight excluding hydrogens is 392 g/mol. The van der Waals surface area contributed by atoms with Crippen molar-refractivity contribution in [2.45, 2.75) is 18.5 Å². The molecule has 1 aromatic heterocycles. The topological polar surface area (TPSA) is 66.9 Å². The maximum atomic E-state index is 12.4. The van der Waals surface area contributed by atoms with Crippen LogP contribution in [-0.2, 0) is 11.2 Å². The van der Waals surface area contributed by atoms with Crippen molar-refractivity contribution >= 4 is 45.8 Å². The zero-order valence-corrected chi connectivity index (χ0v) is 17.4. The van der Waals surface area contributed by atoms with Gasteiger partial charge in [-0.25, -0.2) is 9.97 Å². The lowest BCUT2D eigenvalue weighted by molar-refractivity contribution is -0.113. The molecule has 4 aromatic rings. The van der Waals surface area contributed by atoms with Crippen molar-refractivity contribution in [1.82, 2.24) is 9.97 Å². The Morgan fingerprint density at radius 2 is 1.60 bits per heavy atom. The van der Waals surface area contributed by atoms with Gasteiger partial charge in [0, 0.05) is 16.8 Å². The van der Waals surface area contributed by atoms with Gasteiger partial charge in [0.1, 0.15) is 5.82 Å². The van der Waals surface area contributed by atoms with Crippen LogP contribution in [0, 0.1) is 0 Å². The fourth-order valence-electron chi connectivity index (χ4n) is 3.02. The molecule has 1 amide bonds. The largest absolute Gasteiger partial charge is 0.340 e. The number of aryl methyl sites for hydroxylation is 1. The predicted octanol–water partition coefficient (Wildman–Crippen LogP) is 5.67. The van der Waals surface area contributed by atoms with Gasteiger partial charge in [-0.1, -0.05) is 61.2 Å². The SMILES string of the molecule is CCc1ccc(NC(=O)CSc2nc(Nc3ccccc3)c3ccccc3n2)cc1. The summed E-state index contributed by atoms with van der Waals surface area (Å²) in [6.07, 6.45) is 0.975. The van der Waals surface area contributed by atoms with Crippen LogP contribution in [0.1, 0.15) is 12.5 Å². The minimum absolute atomic E-state index is 0.0847. The average molecular weight is 415 g/mol. The van der Waals surface area contributed by atoms with Gasteiger partial charge in [-0.15, -0.1) is 0 Å². The molecule has 0 spiro atoms. The van der Waals surface area contributed by atoms with E-state index in [2.05, 4.69) is 27.5 Å². The first kappa shape index (κ1) is 19.9. The molecule has 1 heterocycles. The van der Waals surface area contributed by atoms with Crippen LogP contribution in [0.2, 0.25) is 0 Å². The summed E-state index contributed by atoms with van der Waals surface area (Å²) in [4.78, 5) is 21.6. The molecule has 0 aliphatic carbocycles. The number of rotatable bonds is 7. The van der Waals surface area contributed by atoms with E-state index in [4.69, 9.17) is 0 Å². The van der Waals surface area contributed by atoms with E-state index in [1.807, 2.05) is 78.9 Å². The van der Waals surface area contributed by atoms with Crippen molar-refractivity contribution in [3.8, 4) is 0 Å². The molecule has 30 heavy (non-hydrogen) atoms. The number of fused-ring (bicyclic) bond motifs is 1. The molecule has 4 rings (SSSR count). The molecule has 0 fully saturated rings. The van der Waals surface area contributed by atoms with Gasteiger partial charge in [0.15, 0.2) is 5.16 Å². The van der Waals surface area contributed by atoms with Gasteiger partial charge >= 0.3 is 0 Å². The molecule has 0 bridgehead atoms. The van der Waals surface area contributed by atoms with E-state index >= 15 is 0 Å². The molecule has 0 unspecified atom stereocenters. The molecule has 6 heteroatoms. The Morgan fingerprint density at radius 3 is 2.37 bits per heavy atom. The summed E-state index contributed by atoms with van der Waals surface area (Å²) < 4.78 is 0. The van der Waals surface area contributed by atoms with Gasteiger partial charge in [-0.2, -0.15) is 0 Å². The van der Waals surface area contributed by atoms with Gasteiger partial charge < -0.3 is 10.6 Å². The number of para-hydroxylation sites is 2. The zero-order valence-electron chi connectivity index (χ0n) is 16.6. The lowest BCUT2D eigenvalue weighted by Gasteiger charge is -2.11. The van der Waals surface area contributed by atoms with Crippen LogP contribution >= 0.6 is 11.8 Å². The normalized spacial score (nSPS) is 10.7. The Bertz CT molecular complexity index is 1150. The summed E-state index contributed by atoms with van der Waals surface area (Å²) in [6.45, 7) is 2.11.